The third-order valence-corrected chi connectivity index (χ3v) is 2.19. The molecular weight excluding hydrogens is 140 g/mol. The first-order valence-electron chi connectivity index (χ1n) is 4.24. The zero-order chi connectivity index (χ0) is 8.27. The number of amides is 1. The van der Waals surface area contributed by atoms with Crippen molar-refractivity contribution in [2.75, 3.05) is 19.6 Å². The molecule has 1 rings (SSSR count). The monoisotopic (exact) mass is 156 g/mol. The van der Waals surface area contributed by atoms with E-state index in [4.69, 9.17) is 5.73 Å². The van der Waals surface area contributed by atoms with Gasteiger partial charge in [-0.15, -0.1) is 0 Å². The van der Waals surface area contributed by atoms with Crippen molar-refractivity contribution in [2.24, 2.45) is 11.7 Å². The van der Waals surface area contributed by atoms with E-state index in [2.05, 4.69) is 0 Å². The molecule has 1 heterocycles. The Hall–Kier alpha value is -0.570. The van der Waals surface area contributed by atoms with Crippen molar-refractivity contribution in [3.63, 3.8) is 0 Å². The van der Waals surface area contributed by atoms with Gasteiger partial charge in [0, 0.05) is 25.6 Å². The normalized spacial score (nSPS) is 20.4. The molecule has 11 heavy (non-hydrogen) atoms. The smallest absolute Gasteiger partial charge is 0.226 e. The second kappa shape index (κ2) is 3.72. The van der Waals surface area contributed by atoms with Gasteiger partial charge in [-0.2, -0.15) is 0 Å². The maximum absolute atomic E-state index is 11.4. The molecular formula is C8H16N2O. The van der Waals surface area contributed by atoms with Crippen LogP contribution < -0.4 is 5.73 Å². The van der Waals surface area contributed by atoms with Crippen LogP contribution >= 0.6 is 0 Å². The molecule has 0 spiro atoms. The highest BCUT2D eigenvalue weighted by Gasteiger charge is 2.21. The first kappa shape index (κ1) is 8.53. The zero-order valence-corrected chi connectivity index (χ0v) is 7.05. The lowest BCUT2D eigenvalue weighted by Gasteiger charge is -2.18. The second-order valence-electron chi connectivity index (χ2n) is 3.17. The molecule has 1 fully saturated rings. The summed E-state index contributed by atoms with van der Waals surface area (Å²) in [4.78, 5) is 13.3. The van der Waals surface area contributed by atoms with Gasteiger partial charge in [0.15, 0.2) is 0 Å². The van der Waals surface area contributed by atoms with Crippen LogP contribution in [0, 0.1) is 5.92 Å². The summed E-state index contributed by atoms with van der Waals surface area (Å²) < 4.78 is 0. The van der Waals surface area contributed by atoms with E-state index < -0.39 is 0 Å². The van der Waals surface area contributed by atoms with Gasteiger partial charge in [-0.05, 0) is 12.8 Å². The van der Waals surface area contributed by atoms with Crippen molar-refractivity contribution in [3.05, 3.63) is 0 Å². The lowest BCUT2D eigenvalue weighted by molar-refractivity contribution is -0.133. The number of carbonyl (C=O) groups excluding carboxylic acids is 1. The van der Waals surface area contributed by atoms with E-state index in [9.17, 15) is 4.79 Å². The summed E-state index contributed by atoms with van der Waals surface area (Å²) in [7, 11) is 0. The molecule has 0 aliphatic carbocycles. The fraction of sp³-hybridized carbons (Fsp3) is 0.875. The third kappa shape index (κ3) is 1.93. The Bertz CT molecular complexity index is 141. The Kier molecular flexibility index (Phi) is 2.88. The van der Waals surface area contributed by atoms with E-state index in [0.717, 1.165) is 25.9 Å². The van der Waals surface area contributed by atoms with Crippen molar-refractivity contribution in [1.82, 2.24) is 4.90 Å². The van der Waals surface area contributed by atoms with Crippen molar-refractivity contribution >= 4 is 5.91 Å². The molecule has 1 atom stereocenters. The van der Waals surface area contributed by atoms with Crippen molar-refractivity contribution in [2.45, 2.75) is 19.8 Å². The molecule has 1 unspecified atom stereocenters. The average molecular weight is 156 g/mol. The van der Waals surface area contributed by atoms with Gasteiger partial charge < -0.3 is 10.6 Å². The maximum atomic E-state index is 11.4. The maximum Gasteiger partial charge on any atom is 0.226 e. The van der Waals surface area contributed by atoms with Crippen LogP contribution in [-0.2, 0) is 4.79 Å². The van der Waals surface area contributed by atoms with Crippen molar-refractivity contribution in [1.29, 1.82) is 0 Å². The van der Waals surface area contributed by atoms with Crippen molar-refractivity contribution in [3.8, 4) is 0 Å². The molecule has 1 aliphatic heterocycles. The lowest BCUT2D eigenvalue weighted by Crippen LogP contribution is -2.35. The number of nitrogens with zero attached hydrogens (tertiary/aromatic N) is 1. The summed E-state index contributed by atoms with van der Waals surface area (Å²) in [6, 6.07) is 0. The summed E-state index contributed by atoms with van der Waals surface area (Å²) in [5.41, 5.74) is 5.39. The molecule has 1 aliphatic rings. The number of hydrogen-bond donors (Lipinski definition) is 1. The average Bonchev–Trinajstić information content (AvgIpc) is 2.53. The van der Waals surface area contributed by atoms with E-state index in [0.29, 0.717) is 6.54 Å². The van der Waals surface area contributed by atoms with E-state index in [1.807, 2.05) is 11.8 Å². The van der Waals surface area contributed by atoms with Crippen LogP contribution in [0.4, 0.5) is 0 Å². The highest BCUT2D eigenvalue weighted by atomic mass is 16.2. The Labute approximate surface area is 67.5 Å². The number of nitrogens with two attached hydrogens (primary N) is 1. The summed E-state index contributed by atoms with van der Waals surface area (Å²) >= 11 is 0. The summed E-state index contributed by atoms with van der Waals surface area (Å²) in [6.45, 7) is 4.22. The van der Waals surface area contributed by atoms with E-state index in [1.54, 1.807) is 0 Å². The topological polar surface area (TPSA) is 46.3 Å². The van der Waals surface area contributed by atoms with Gasteiger partial charge in [-0.1, -0.05) is 6.92 Å². The van der Waals surface area contributed by atoms with Crippen LogP contribution in [-0.4, -0.2) is 30.4 Å². The minimum Gasteiger partial charge on any atom is -0.342 e. The minimum atomic E-state index is 0.00750. The van der Waals surface area contributed by atoms with Gasteiger partial charge in [-0.3, -0.25) is 4.79 Å². The van der Waals surface area contributed by atoms with Crippen LogP contribution in [0.2, 0.25) is 0 Å². The Morgan fingerprint density at radius 3 is 2.55 bits per heavy atom. The molecule has 3 nitrogen and oxygen atoms in total. The van der Waals surface area contributed by atoms with Crippen LogP contribution in [0.1, 0.15) is 19.8 Å². The Balaban J connectivity index is 2.39. The van der Waals surface area contributed by atoms with Gasteiger partial charge >= 0.3 is 0 Å². The van der Waals surface area contributed by atoms with E-state index in [-0.39, 0.29) is 11.8 Å². The SMILES string of the molecule is CC(CN)C(=O)N1CCCC1. The molecule has 0 radical (unpaired) electrons. The Morgan fingerprint density at radius 2 is 2.09 bits per heavy atom. The predicted molar refractivity (Wildman–Crippen MR) is 44.0 cm³/mol. The zero-order valence-electron chi connectivity index (χ0n) is 7.05. The van der Waals surface area contributed by atoms with E-state index in [1.165, 1.54) is 0 Å². The highest BCUT2D eigenvalue weighted by Crippen LogP contribution is 2.10. The molecule has 0 saturated carbocycles. The largest absolute Gasteiger partial charge is 0.342 e. The fourth-order valence-electron chi connectivity index (χ4n) is 1.35. The quantitative estimate of drug-likeness (QED) is 0.621. The van der Waals surface area contributed by atoms with Gasteiger partial charge in [0.2, 0.25) is 5.91 Å². The molecule has 2 N–H and O–H groups in total. The number of rotatable bonds is 2. The molecule has 1 amide bonds. The van der Waals surface area contributed by atoms with Gasteiger partial charge in [-0.25, -0.2) is 0 Å². The molecule has 0 bridgehead atoms. The minimum absolute atomic E-state index is 0.00750. The first-order chi connectivity index (χ1) is 5.25. The summed E-state index contributed by atoms with van der Waals surface area (Å²) in [5.74, 6) is 0.234. The van der Waals surface area contributed by atoms with Crippen LogP contribution in [0.3, 0.4) is 0 Å². The fourth-order valence-corrected chi connectivity index (χ4v) is 1.35. The van der Waals surface area contributed by atoms with Gasteiger partial charge in [0.1, 0.15) is 0 Å². The van der Waals surface area contributed by atoms with Crippen LogP contribution in [0.25, 0.3) is 0 Å². The summed E-state index contributed by atoms with van der Waals surface area (Å²) in [6.07, 6.45) is 2.31. The Morgan fingerprint density at radius 1 is 1.55 bits per heavy atom. The number of hydrogen-bond acceptors (Lipinski definition) is 2. The third-order valence-electron chi connectivity index (χ3n) is 2.19. The van der Waals surface area contributed by atoms with Crippen LogP contribution in [0.15, 0.2) is 0 Å². The van der Waals surface area contributed by atoms with Crippen molar-refractivity contribution < 1.29 is 4.79 Å². The second-order valence-corrected chi connectivity index (χ2v) is 3.17. The lowest BCUT2D eigenvalue weighted by atomic mass is 10.1. The van der Waals surface area contributed by atoms with Gasteiger partial charge in [0.05, 0.1) is 0 Å². The standard InChI is InChI=1S/C8H16N2O/c1-7(6-9)8(11)10-4-2-3-5-10/h7H,2-6,9H2,1H3. The highest BCUT2D eigenvalue weighted by molar-refractivity contribution is 5.78. The molecule has 64 valence electrons. The molecule has 0 aromatic carbocycles. The van der Waals surface area contributed by atoms with Gasteiger partial charge in [0.25, 0.3) is 0 Å². The molecule has 3 heteroatoms. The molecule has 0 aromatic rings. The molecule has 1 saturated heterocycles. The summed E-state index contributed by atoms with van der Waals surface area (Å²) in [5, 5.41) is 0. The van der Waals surface area contributed by atoms with Crippen LogP contribution in [0.5, 0.6) is 0 Å². The first-order valence-corrected chi connectivity index (χ1v) is 4.24. The van der Waals surface area contributed by atoms with E-state index >= 15 is 0 Å². The molecule has 0 aromatic heterocycles. The number of likely N-dealkylation sites (tertiary alicyclic amines) is 1. The predicted octanol–water partition coefficient (Wildman–Crippen LogP) is 0.204. The number of carbonyl (C=O) groups is 1.